The summed E-state index contributed by atoms with van der Waals surface area (Å²) in [6.07, 6.45) is 0.559. The first-order valence-electron chi connectivity index (χ1n) is 6.24. The third-order valence-electron chi connectivity index (χ3n) is 2.78. The smallest absolute Gasteiger partial charge is 0.294 e. The molecule has 0 spiro atoms. The predicted octanol–water partition coefficient (Wildman–Crippen LogP) is 0.273. The minimum absolute atomic E-state index is 0.0168. The van der Waals surface area contributed by atoms with Crippen molar-refractivity contribution in [3.8, 4) is 0 Å². The van der Waals surface area contributed by atoms with Crippen molar-refractivity contribution in [2.24, 2.45) is 5.84 Å². The van der Waals surface area contributed by atoms with E-state index in [2.05, 4.69) is 5.43 Å². The summed E-state index contributed by atoms with van der Waals surface area (Å²) in [7, 11) is -3.91. The van der Waals surface area contributed by atoms with E-state index in [1.807, 2.05) is 0 Å². The number of nitrogens with one attached hydrogen (secondary N) is 1. The van der Waals surface area contributed by atoms with E-state index in [-0.39, 0.29) is 30.3 Å². The molecule has 0 aliphatic carbocycles. The summed E-state index contributed by atoms with van der Waals surface area (Å²) in [6.45, 7) is 1.61. The van der Waals surface area contributed by atoms with Crippen molar-refractivity contribution in [1.82, 2.24) is 4.31 Å². The Bertz CT molecular complexity index is 599. The molecule has 1 aromatic carbocycles. The van der Waals surface area contributed by atoms with Crippen LogP contribution in [0.5, 0.6) is 0 Å². The maximum atomic E-state index is 12.4. The SMILES string of the molecule is CCCN(CCO)S(=O)(=O)c1ccc(NN)c([N+](=O)[O-])c1. The molecule has 0 saturated carbocycles. The number of anilines is 1. The first-order valence-corrected chi connectivity index (χ1v) is 7.68. The quantitative estimate of drug-likeness (QED) is 0.355. The first-order chi connectivity index (χ1) is 9.88. The van der Waals surface area contributed by atoms with Crippen molar-refractivity contribution in [2.45, 2.75) is 18.2 Å². The lowest BCUT2D eigenvalue weighted by molar-refractivity contribution is -0.384. The van der Waals surface area contributed by atoms with Gasteiger partial charge in [-0.25, -0.2) is 8.42 Å². The number of nitro groups is 1. The van der Waals surface area contributed by atoms with E-state index in [0.29, 0.717) is 6.42 Å². The Kier molecular flexibility index (Phi) is 6.03. The van der Waals surface area contributed by atoms with Crippen LogP contribution >= 0.6 is 0 Å². The maximum Gasteiger partial charge on any atom is 0.294 e. The molecule has 1 rings (SSSR count). The number of nitrogens with two attached hydrogens (primary N) is 1. The van der Waals surface area contributed by atoms with E-state index in [4.69, 9.17) is 10.9 Å². The summed E-state index contributed by atoms with van der Waals surface area (Å²) in [4.78, 5) is 10.0. The number of hydrazine groups is 1. The minimum atomic E-state index is -3.91. The van der Waals surface area contributed by atoms with Crippen LogP contribution in [0.25, 0.3) is 0 Å². The first kappa shape index (κ1) is 17.3. The zero-order valence-corrected chi connectivity index (χ0v) is 12.3. The Balaban J connectivity index is 3.30. The zero-order valence-electron chi connectivity index (χ0n) is 11.5. The molecule has 0 amide bonds. The number of benzene rings is 1. The van der Waals surface area contributed by atoms with Gasteiger partial charge in [0, 0.05) is 19.2 Å². The lowest BCUT2D eigenvalue weighted by atomic mass is 10.3. The largest absolute Gasteiger partial charge is 0.395 e. The number of hydrogen-bond acceptors (Lipinski definition) is 7. The number of nitrogen functional groups attached to an aromatic ring is 1. The fourth-order valence-corrected chi connectivity index (χ4v) is 3.35. The Morgan fingerprint density at radius 2 is 2.10 bits per heavy atom. The number of nitrogens with zero attached hydrogens (tertiary/aromatic N) is 2. The third kappa shape index (κ3) is 3.88. The number of aliphatic hydroxyl groups excluding tert-OH is 1. The highest BCUT2D eigenvalue weighted by Crippen LogP contribution is 2.28. The van der Waals surface area contributed by atoms with E-state index in [0.717, 1.165) is 10.4 Å². The van der Waals surface area contributed by atoms with Gasteiger partial charge in [-0.15, -0.1) is 0 Å². The van der Waals surface area contributed by atoms with Gasteiger partial charge in [0.05, 0.1) is 16.4 Å². The highest BCUT2D eigenvalue weighted by Gasteiger charge is 2.26. The van der Waals surface area contributed by atoms with E-state index in [1.165, 1.54) is 12.1 Å². The van der Waals surface area contributed by atoms with Gasteiger partial charge in [0.15, 0.2) is 0 Å². The molecule has 0 aliphatic rings. The Labute approximate surface area is 122 Å². The zero-order chi connectivity index (χ0) is 16.0. The Hall–Kier alpha value is -1.75. The van der Waals surface area contributed by atoms with Crippen LogP contribution in [0.2, 0.25) is 0 Å². The van der Waals surface area contributed by atoms with Crippen LogP contribution in [0.4, 0.5) is 11.4 Å². The predicted molar refractivity (Wildman–Crippen MR) is 77.0 cm³/mol. The molecule has 0 fully saturated rings. The number of rotatable bonds is 8. The molecule has 1 aromatic rings. The van der Waals surface area contributed by atoms with Gasteiger partial charge < -0.3 is 10.5 Å². The lowest BCUT2D eigenvalue weighted by Gasteiger charge is -2.20. The van der Waals surface area contributed by atoms with Crippen molar-refractivity contribution in [2.75, 3.05) is 25.1 Å². The number of hydrogen-bond donors (Lipinski definition) is 3. The monoisotopic (exact) mass is 318 g/mol. The van der Waals surface area contributed by atoms with Crippen molar-refractivity contribution < 1.29 is 18.4 Å². The highest BCUT2D eigenvalue weighted by atomic mass is 32.2. The van der Waals surface area contributed by atoms with Crippen LogP contribution in [-0.4, -0.2) is 42.4 Å². The van der Waals surface area contributed by atoms with Crippen molar-refractivity contribution in [1.29, 1.82) is 0 Å². The van der Waals surface area contributed by atoms with Gasteiger partial charge in [0.2, 0.25) is 10.0 Å². The fourth-order valence-electron chi connectivity index (χ4n) is 1.81. The van der Waals surface area contributed by atoms with Crippen molar-refractivity contribution in [3.63, 3.8) is 0 Å². The fraction of sp³-hybridized carbons (Fsp3) is 0.455. The summed E-state index contributed by atoms with van der Waals surface area (Å²) in [5, 5.41) is 19.9. The highest BCUT2D eigenvalue weighted by molar-refractivity contribution is 7.89. The molecule has 9 nitrogen and oxygen atoms in total. The Morgan fingerprint density at radius 1 is 1.43 bits per heavy atom. The molecule has 0 atom stereocenters. The Morgan fingerprint density at radius 3 is 2.57 bits per heavy atom. The summed E-state index contributed by atoms with van der Waals surface area (Å²) in [5.41, 5.74) is 1.73. The van der Waals surface area contributed by atoms with Crippen molar-refractivity contribution in [3.05, 3.63) is 28.3 Å². The van der Waals surface area contributed by atoms with Crippen LogP contribution < -0.4 is 11.3 Å². The summed E-state index contributed by atoms with van der Waals surface area (Å²) >= 11 is 0. The molecule has 4 N–H and O–H groups in total. The summed E-state index contributed by atoms with van der Waals surface area (Å²) in [6, 6.07) is 3.41. The molecule has 0 radical (unpaired) electrons. The minimum Gasteiger partial charge on any atom is -0.395 e. The second-order valence-corrected chi connectivity index (χ2v) is 6.15. The number of aliphatic hydroxyl groups is 1. The summed E-state index contributed by atoms with van der Waals surface area (Å²) in [5.74, 6) is 5.16. The molecular formula is C11H18N4O5S. The maximum absolute atomic E-state index is 12.4. The molecule has 0 saturated heterocycles. The molecule has 0 aromatic heterocycles. The number of nitro benzene ring substituents is 1. The van der Waals surface area contributed by atoms with Gasteiger partial charge in [-0.05, 0) is 18.6 Å². The molecule has 118 valence electrons. The van der Waals surface area contributed by atoms with Crippen LogP contribution in [0, 0.1) is 10.1 Å². The van der Waals surface area contributed by atoms with Gasteiger partial charge >= 0.3 is 0 Å². The van der Waals surface area contributed by atoms with Gasteiger partial charge in [-0.2, -0.15) is 4.31 Å². The van der Waals surface area contributed by atoms with Crippen LogP contribution in [0.1, 0.15) is 13.3 Å². The van der Waals surface area contributed by atoms with Crippen LogP contribution in [0.3, 0.4) is 0 Å². The van der Waals surface area contributed by atoms with Gasteiger partial charge in [0.1, 0.15) is 5.69 Å². The van der Waals surface area contributed by atoms with Gasteiger partial charge in [0.25, 0.3) is 5.69 Å². The topological polar surface area (TPSA) is 139 Å². The second-order valence-electron chi connectivity index (χ2n) is 4.21. The van der Waals surface area contributed by atoms with Gasteiger partial charge in [-0.1, -0.05) is 6.92 Å². The molecule has 0 bridgehead atoms. The number of sulfonamides is 1. The summed E-state index contributed by atoms with van der Waals surface area (Å²) < 4.78 is 25.9. The average Bonchev–Trinajstić information content (AvgIpc) is 2.46. The lowest BCUT2D eigenvalue weighted by Crippen LogP contribution is -2.34. The molecule has 10 heteroatoms. The van der Waals surface area contributed by atoms with E-state index < -0.39 is 20.6 Å². The van der Waals surface area contributed by atoms with Crippen LogP contribution in [-0.2, 0) is 10.0 Å². The molecule has 0 aliphatic heterocycles. The van der Waals surface area contributed by atoms with E-state index in [9.17, 15) is 18.5 Å². The van der Waals surface area contributed by atoms with Gasteiger partial charge in [-0.3, -0.25) is 16.0 Å². The average molecular weight is 318 g/mol. The third-order valence-corrected chi connectivity index (χ3v) is 4.68. The van der Waals surface area contributed by atoms with E-state index in [1.54, 1.807) is 6.92 Å². The molecule has 0 unspecified atom stereocenters. The van der Waals surface area contributed by atoms with Crippen molar-refractivity contribution >= 4 is 21.4 Å². The molecular weight excluding hydrogens is 300 g/mol. The second kappa shape index (κ2) is 7.31. The van der Waals surface area contributed by atoms with E-state index >= 15 is 0 Å². The normalized spacial score (nSPS) is 11.6. The standard InChI is InChI=1S/C11H18N4O5S/c1-2-5-14(6-7-16)21(19,20)9-3-4-10(13-12)11(8-9)15(17)18/h3-4,8,13,16H,2,5-7,12H2,1H3. The molecule has 0 heterocycles. The van der Waals surface area contributed by atoms with Crippen LogP contribution in [0.15, 0.2) is 23.1 Å². The molecule has 21 heavy (non-hydrogen) atoms.